The molecule has 0 aliphatic heterocycles. The number of halogens is 2. The Bertz CT molecular complexity index is 691. The summed E-state index contributed by atoms with van der Waals surface area (Å²) in [5.74, 6) is 1.57. The van der Waals surface area contributed by atoms with Crippen molar-refractivity contribution < 1.29 is 4.74 Å². The van der Waals surface area contributed by atoms with Gasteiger partial charge in [0.1, 0.15) is 10.9 Å². The number of nitrogens with one attached hydrogen (secondary N) is 2. The number of nitrogens with zero attached hydrogens (tertiary/aromatic N) is 2. The number of benzene rings is 1. The van der Waals surface area contributed by atoms with Gasteiger partial charge in [-0.2, -0.15) is 0 Å². The van der Waals surface area contributed by atoms with Gasteiger partial charge in [-0.3, -0.25) is 4.99 Å². The number of guanidine groups is 1. The van der Waals surface area contributed by atoms with Gasteiger partial charge < -0.3 is 15.4 Å². The first kappa shape index (κ1) is 18.5. The topological polar surface area (TPSA) is 58.5 Å². The van der Waals surface area contributed by atoms with Crippen LogP contribution >= 0.6 is 27.5 Å². The summed E-state index contributed by atoms with van der Waals surface area (Å²) in [6.07, 6.45) is 2.63. The molecule has 2 N–H and O–H groups in total. The van der Waals surface area contributed by atoms with Crippen LogP contribution < -0.4 is 15.4 Å². The van der Waals surface area contributed by atoms with E-state index in [2.05, 4.69) is 36.5 Å². The molecule has 1 aromatic carbocycles. The van der Waals surface area contributed by atoms with E-state index < -0.39 is 0 Å². The summed E-state index contributed by atoms with van der Waals surface area (Å²) >= 11 is 9.27. The molecule has 1 heterocycles. The molecule has 1 aromatic heterocycles. The molecule has 24 heavy (non-hydrogen) atoms. The fourth-order valence-electron chi connectivity index (χ4n) is 2.11. The fourth-order valence-corrected chi connectivity index (χ4v) is 2.81. The maximum Gasteiger partial charge on any atom is 0.191 e. The molecule has 0 aliphatic rings. The largest absolute Gasteiger partial charge is 0.496 e. The summed E-state index contributed by atoms with van der Waals surface area (Å²) in [5, 5.41) is 7.08. The van der Waals surface area contributed by atoms with Crippen molar-refractivity contribution in [2.75, 3.05) is 20.7 Å². The van der Waals surface area contributed by atoms with E-state index in [1.54, 1.807) is 26.4 Å². The van der Waals surface area contributed by atoms with E-state index in [0.717, 1.165) is 40.3 Å². The first-order chi connectivity index (χ1) is 11.6. The van der Waals surface area contributed by atoms with Gasteiger partial charge in [-0.05, 0) is 51.7 Å². The molecule has 0 bridgehead atoms. The molecule has 128 valence electrons. The van der Waals surface area contributed by atoms with Crippen LogP contribution in [0.5, 0.6) is 5.75 Å². The van der Waals surface area contributed by atoms with Crippen LogP contribution in [0.25, 0.3) is 0 Å². The Hall–Kier alpha value is -1.79. The molecule has 0 atom stereocenters. The Balaban J connectivity index is 1.80. The van der Waals surface area contributed by atoms with Gasteiger partial charge in [0.25, 0.3) is 0 Å². The van der Waals surface area contributed by atoms with Gasteiger partial charge in [-0.25, -0.2) is 4.98 Å². The molecular formula is C17H20BrClN4O. The van der Waals surface area contributed by atoms with Crippen molar-refractivity contribution in [3.8, 4) is 5.75 Å². The van der Waals surface area contributed by atoms with Gasteiger partial charge in [0.05, 0.1) is 11.6 Å². The van der Waals surface area contributed by atoms with Crippen LogP contribution in [0, 0.1) is 0 Å². The lowest BCUT2D eigenvalue weighted by molar-refractivity contribution is 0.412. The maximum atomic E-state index is 5.78. The van der Waals surface area contributed by atoms with Gasteiger partial charge in [0, 0.05) is 26.3 Å². The number of aromatic nitrogens is 1. The van der Waals surface area contributed by atoms with E-state index in [4.69, 9.17) is 16.3 Å². The number of aliphatic imine (C=N–C) groups is 1. The van der Waals surface area contributed by atoms with Crippen LogP contribution in [0.15, 0.2) is 46.0 Å². The van der Waals surface area contributed by atoms with E-state index in [1.807, 2.05) is 24.3 Å². The zero-order valence-electron chi connectivity index (χ0n) is 13.6. The number of hydrogen-bond acceptors (Lipinski definition) is 3. The third kappa shape index (κ3) is 5.69. The van der Waals surface area contributed by atoms with Crippen LogP contribution in [-0.2, 0) is 13.0 Å². The predicted octanol–water partition coefficient (Wildman–Crippen LogP) is 3.41. The van der Waals surface area contributed by atoms with Gasteiger partial charge >= 0.3 is 0 Å². The smallest absolute Gasteiger partial charge is 0.191 e. The second kappa shape index (κ2) is 9.49. The van der Waals surface area contributed by atoms with Crippen molar-refractivity contribution in [3.05, 3.63) is 57.3 Å². The minimum absolute atomic E-state index is 0.509. The summed E-state index contributed by atoms with van der Waals surface area (Å²) in [6, 6.07) is 9.75. The van der Waals surface area contributed by atoms with Crippen molar-refractivity contribution in [1.29, 1.82) is 0 Å². The number of methoxy groups -OCH3 is 1. The Kier molecular flexibility index (Phi) is 7.34. The average molecular weight is 412 g/mol. The second-order valence-electron chi connectivity index (χ2n) is 5.06. The average Bonchev–Trinajstić information content (AvgIpc) is 2.59. The minimum Gasteiger partial charge on any atom is -0.496 e. The molecule has 0 radical (unpaired) electrons. The third-order valence-electron chi connectivity index (χ3n) is 3.39. The molecule has 0 amide bonds. The van der Waals surface area contributed by atoms with Gasteiger partial charge in [-0.1, -0.05) is 23.7 Å². The lowest BCUT2D eigenvalue weighted by Crippen LogP contribution is -2.37. The quantitative estimate of drug-likeness (QED) is 0.434. The standard InChI is InChI=1S/C17H20BrClN4O/c1-20-17(21-8-7-12-4-6-16(19)22-10-12)23-11-13-3-5-15(24-2)14(18)9-13/h3-6,9-10H,7-8,11H2,1-2H3,(H2,20,21,23). The second-order valence-corrected chi connectivity index (χ2v) is 6.30. The molecular weight excluding hydrogens is 392 g/mol. The molecule has 7 heteroatoms. The monoisotopic (exact) mass is 410 g/mol. The van der Waals surface area contributed by atoms with Crippen molar-refractivity contribution in [3.63, 3.8) is 0 Å². The highest BCUT2D eigenvalue weighted by Gasteiger charge is 2.03. The highest BCUT2D eigenvalue weighted by Crippen LogP contribution is 2.25. The summed E-state index contributed by atoms with van der Waals surface area (Å²) in [6.45, 7) is 1.43. The van der Waals surface area contributed by atoms with Gasteiger partial charge in [0.2, 0.25) is 0 Å². The van der Waals surface area contributed by atoms with Crippen LogP contribution in [0.4, 0.5) is 0 Å². The molecule has 0 aliphatic carbocycles. The Morgan fingerprint density at radius 1 is 1.25 bits per heavy atom. The Morgan fingerprint density at radius 2 is 2.04 bits per heavy atom. The zero-order valence-corrected chi connectivity index (χ0v) is 16.0. The number of ether oxygens (including phenoxy) is 1. The van der Waals surface area contributed by atoms with Crippen LogP contribution in [-0.4, -0.2) is 31.6 Å². The first-order valence-electron chi connectivity index (χ1n) is 7.49. The molecule has 5 nitrogen and oxygen atoms in total. The van der Waals surface area contributed by atoms with E-state index in [0.29, 0.717) is 11.7 Å². The van der Waals surface area contributed by atoms with Crippen LogP contribution in [0.3, 0.4) is 0 Å². The highest BCUT2D eigenvalue weighted by molar-refractivity contribution is 9.10. The van der Waals surface area contributed by atoms with Crippen LogP contribution in [0.1, 0.15) is 11.1 Å². The zero-order chi connectivity index (χ0) is 17.4. The fraction of sp³-hybridized carbons (Fsp3) is 0.294. The predicted molar refractivity (Wildman–Crippen MR) is 102 cm³/mol. The molecule has 0 saturated heterocycles. The van der Waals surface area contributed by atoms with E-state index >= 15 is 0 Å². The SMILES string of the molecule is CN=C(NCCc1ccc(Cl)nc1)NCc1ccc(OC)c(Br)c1. The number of rotatable bonds is 6. The molecule has 0 unspecified atom stereocenters. The lowest BCUT2D eigenvalue weighted by atomic mass is 10.2. The summed E-state index contributed by atoms with van der Waals surface area (Å²) in [7, 11) is 3.41. The number of hydrogen-bond donors (Lipinski definition) is 2. The van der Waals surface area contributed by atoms with Crippen molar-refractivity contribution >= 4 is 33.5 Å². The first-order valence-corrected chi connectivity index (χ1v) is 8.67. The molecule has 2 rings (SSSR count). The molecule has 0 spiro atoms. The molecule has 2 aromatic rings. The van der Waals surface area contributed by atoms with Crippen molar-refractivity contribution in [2.24, 2.45) is 4.99 Å². The normalized spacial score (nSPS) is 11.2. The molecule has 0 saturated carbocycles. The molecule has 0 fully saturated rings. The van der Waals surface area contributed by atoms with Crippen molar-refractivity contribution in [1.82, 2.24) is 15.6 Å². The highest BCUT2D eigenvalue weighted by atomic mass is 79.9. The van der Waals surface area contributed by atoms with E-state index in [-0.39, 0.29) is 0 Å². The summed E-state index contributed by atoms with van der Waals surface area (Å²) < 4.78 is 6.17. The van der Waals surface area contributed by atoms with Gasteiger partial charge in [0.15, 0.2) is 5.96 Å². The number of pyridine rings is 1. The lowest BCUT2D eigenvalue weighted by Gasteiger charge is -2.12. The maximum absolute atomic E-state index is 5.78. The minimum atomic E-state index is 0.509. The van der Waals surface area contributed by atoms with E-state index in [9.17, 15) is 0 Å². The van der Waals surface area contributed by atoms with Crippen LogP contribution in [0.2, 0.25) is 5.15 Å². The Morgan fingerprint density at radius 3 is 2.67 bits per heavy atom. The third-order valence-corrected chi connectivity index (χ3v) is 4.24. The van der Waals surface area contributed by atoms with Gasteiger partial charge in [-0.15, -0.1) is 0 Å². The summed E-state index contributed by atoms with van der Waals surface area (Å²) in [5.41, 5.74) is 2.26. The Labute approximate surface area is 155 Å². The van der Waals surface area contributed by atoms with E-state index in [1.165, 1.54) is 0 Å². The summed E-state index contributed by atoms with van der Waals surface area (Å²) in [4.78, 5) is 8.30. The van der Waals surface area contributed by atoms with Crippen molar-refractivity contribution in [2.45, 2.75) is 13.0 Å².